The Morgan fingerprint density at radius 2 is 1.75 bits per heavy atom. The van der Waals surface area contributed by atoms with E-state index in [1.807, 2.05) is 0 Å². The molecular formula is C10H18N2. The number of nitrogens with zero attached hydrogens (tertiary/aromatic N) is 1. The van der Waals surface area contributed by atoms with Crippen LogP contribution in [0.5, 0.6) is 0 Å². The van der Waals surface area contributed by atoms with Crippen LogP contribution in [0.25, 0.3) is 0 Å². The molecule has 0 aromatic carbocycles. The van der Waals surface area contributed by atoms with Crippen LogP contribution in [-0.4, -0.2) is 6.04 Å². The highest BCUT2D eigenvalue weighted by molar-refractivity contribution is 4.94. The smallest absolute Gasteiger partial charge is 0.0956 e. The van der Waals surface area contributed by atoms with Crippen LogP contribution in [0.1, 0.15) is 33.1 Å². The molecule has 2 N–H and O–H groups in total. The maximum absolute atomic E-state index is 8.68. The molecule has 3 atom stereocenters. The molecule has 0 spiro atoms. The molecule has 1 aliphatic rings. The third kappa shape index (κ3) is 2.22. The molecule has 0 bridgehead atoms. The van der Waals surface area contributed by atoms with Crippen LogP contribution in [0.3, 0.4) is 0 Å². The van der Waals surface area contributed by atoms with Crippen molar-refractivity contribution in [3.8, 4) is 6.07 Å². The molecule has 0 aliphatic heterocycles. The summed E-state index contributed by atoms with van der Waals surface area (Å²) in [6.45, 7) is 4.51. The van der Waals surface area contributed by atoms with E-state index in [4.69, 9.17) is 11.0 Å². The van der Waals surface area contributed by atoms with E-state index >= 15 is 0 Å². The van der Waals surface area contributed by atoms with Gasteiger partial charge in [0.1, 0.15) is 0 Å². The Morgan fingerprint density at radius 1 is 1.25 bits per heavy atom. The van der Waals surface area contributed by atoms with Crippen molar-refractivity contribution in [3.63, 3.8) is 0 Å². The van der Waals surface area contributed by atoms with Gasteiger partial charge in [-0.05, 0) is 37.0 Å². The van der Waals surface area contributed by atoms with Gasteiger partial charge in [-0.15, -0.1) is 0 Å². The molecule has 1 fully saturated rings. The quantitative estimate of drug-likeness (QED) is 0.647. The van der Waals surface area contributed by atoms with Crippen LogP contribution in [-0.2, 0) is 0 Å². The van der Waals surface area contributed by atoms with Gasteiger partial charge in [0, 0.05) is 0 Å². The van der Waals surface area contributed by atoms with E-state index in [2.05, 4.69) is 19.9 Å². The molecule has 0 aromatic heterocycles. The van der Waals surface area contributed by atoms with Crippen LogP contribution in [0.4, 0.5) is 0 Å². The lowest BCUT2D eigenvalue weighted by Gasteiger charge is -2.32. The summed E-state index contributed by atoms with van der Waals surface area (Å²) < 4.78 is 0. The summed E-state index contributed by atoms with van der Waals surface area (Å²) in [5.41, 5.74) is 5.71. The van der Waals surface area contributed by atoms with E-state index in [9.17, 15) is 0 Å². The van der Waals surface area contributed by atoms with Gasteiger partial charge < -0.3 is 5.73 Å². The molecule has 3 unspecified atom stereocenters. The molecular weight excluding hydrogens is 148 g/mol. The molecule has 2 nitrogen and oxygen atoms in total. The fourth-order valence-corrected chi connectivity index (χ4v) is 2.41. The molecule has 0 heterocycles. The number of hydrogen-bond acceptors (Lipinski definition) is 2. The minimum Gasteiger partial charge on any atom is -0.316 e. The Kier molecular flexibility index (Phi) is 3.11. The topological polar surface area (TPSA) is 49.8 Å². The first-order chi connectivity index (χ1) is 5.63. The van der Waals surface area contributed by atoms with Crippen molar-refractivity contribution in [2.45, 2.75) is 39.2 Å². The lowest BCUT2D eigenvalue weighted by molar-refractivity contribution is 0.208. The van der Waals surface area contributed by atoms with Crippen LogP contribution < -0.4 is 5.73 Å². The van der Waals surface area contributed by atoms with Crippen molar-refractivity contribution < 1.29 is 0 Å². The second-order valence-electron chi connectivity index (χ2n) is 4.33. The van der Waals surface area contributed by atoms with E-state index in [1.165, 1.54) is 6.42 Å². The predicted molar refractivity (Wildman–Crippen MR) is 49.3 cm³/mol. The Bertz CT molecular complexity index is 173. The minimum atomic E-state index is -0.241. The van der Waals surface area contributed by atoms with Crippen molar-refractivity contribution in [2.75, 3.05) is 0 Å². The van der Waals surface area contributed by atoms with E-state index in [0.717, 1.165) is 24.7 Å². The average Bonchev–Trinajstić information content (AvgIpc) is 2.01. The highest BCUT2D eigenvalue weighted by Crippen LogP contribution is 2.33. The third-order valence-electron chi connectivity index (χ3n) is 2.87. The third-order valence-corrected chi connectivity index (χ3v) is 2.87. The summed E-state index contributed by atoms with van der Waals surface area (Å²) in [4.78, 5) is 0. The second kappa shape index (κ2) is 3.91. The molecule has 0 aromatic rings. The van der Waals surface area contributed by atoms with Crippen LogP contribution in [0, 0.1) is 29.1 Å². The van der Waals surface area contributed by atoms with Crippen molar-refractivity contribution in [1.29, 1.82) is 5.26 Å². The van der Waals surface area contributed by atoms with Gasteiger partial charge in [-0.2, -0.15) is 5.26 Å². The number of nitriles is 1. The molecule has 2 heteroatoms. The highest BCUT2D eigenvalue weighted by atomic mass is 14.7. The van der Waals surface area contributed by atoms with Gasteiger partial charge in [0.25, 0.3) is 0 Å². The molecule has 1 rings (SSSR count). The minimum absolute atomic E-state index is 0.241. The molecule has 0 saturated heterocycles. The van der Waals surface area contributed by atoms with Gasteiger partial charge in [-0.1, -0.05) is 13.8 Å². The molecule has 12 heavy (non-hydrogen) atoms. The van der Waals surface area contributed by atoms with Crippen LogP contribution in [0.15, 0.2) is 0 Å². The first kappa shape index (κ1) is 9.54. The van der Waals surface area contributed by atoms with Crippen molar-refractivity contribution >= 4 is 0 Å². The molecule has 68 valence electrons. The summed E-state index contributed by atoms with van der Waals surface area (Å²) in [6.07, 6.45) is 3.58. The zero-order chi connectivity index (χ0) is 9.14. The summed E-state index contributed by atoms with van der Waals surface area (Å²) >= 11 is 0. The Labute approximate surface area is 74.8 Å². The largest absolute Gasteiger partial charge is 0.316 e. The summed E-state index contributed by atoms with van der Waals surface area (Å²) in [5.74, 6) is 1.94. The van der Waals surface area contributed by atoms with Gasteiger partial charge >= 0.3 is 0 Å². The van der Waals surface area contributed by atoms with E-state index in [1.54, 1.807) is 0 Å². The molecule has 0 amide bonds. The van der Waals surface area contributed by atoms with Gasteiger partial charge in [-0.3, -0.25) is 0 Å². The van der Waals surface area contributed by atoms with Gasteiger partial charge in [0.15, 0.2) is 0 Å². The Hall–Kier alpha value is -0.550. The maximum Gasteiger partial charge on any atom is 0.0956 e. The highest BCUT2D eigenvalue weighted by Gasteiger charge is 2.27. The van der Waals surface area contributed by atoms with Gasteiger partial charge in [0.2, 0.25) is 0 Å². The monoisotopic (exact) mass is 166 g/mol. The second-order valence-corrected chi connectivity index (χ2v) is 4.33. The average molecular weight is 166 g/mol. The van der Waals surface area contributed by atoms with E-state index in [0.29, 0.717) is 5.92 Å². The normalized spacial score (nSPS) is 38.7. The fraction of sp³-hybridized carbons (Fsp3) is 0.900. The van der Waals surface area contributed by atoms with Crippen molar-refractivity contribution in [2.24, 2.45) is 23.5 Å². The number of rotatable bonds is 1. The van der Waals surface area contributed by atoms with Crippen molar-refractivity contribution in [1.82, 2.24) is 0 Å². The van der Waals surface area contributed by atoms with Crippen molar-refractivity contribution in [3.05, 3.63) is 0 Å². The number of hydrogen-bond donors (Lipinski definition) is 1. The summed E-state index contributed by atoms with van der Waals surface area (Å²) in [5, 5.41) is 8.68. The van der Waals surface area contributed by atoms with Gasteiger partial charge in [-0.25, -0.2) is 0 Å². The SMILES string of the molecule is CC1CC(C)CC(C(N)C#N)C1. The summed E-state index contributed by atoms with van der Waals surface area (Å²) in [6, 6.07) is 1.91. The zero-order valence-corrected chi connectivity index (χ0v) is 7.96. The molecule has 0 radical (unpaired) electrons. The maximum atomic E-state index is 8.68. The standard InChI is InChI=1S/C10H18N2/c1-7-3-8(2)5-9(4-7)10(12)6-11/h7-10H,3-5,12H2,1-2H3. The Morgan fingerprint density at radius 3 is 2.17 bits per heavy atom. The summed E-state index contributed by atoms with van der Waals surface area (Å²) in [7, 11) is 0. The fourth-order valence-electron chi connectivity index (χ4n) is 2.41. The Balaban J connectivity index is 2.50. The van der Waals surface area contributed by atoms with Crippen LogP contribution >= 0.6 is 0 Å². The predicted octanol–water partition coefficient (Wildman–Crippen LogP) is 1.91. The van der Waals surface area contributed by atoms with E-state index < -0.39 is 0 Å². The lowest BCUT2D eigenvalue weighted by atomic mass is 9.74. The van der Waals surface area contributed by atoms with Crippen LogP contribution in [0.2, 0.25) is 0 Å². The zero-order valence-electron chi connectivity index (χ0n) is 7.96. The van der Waals surface area contributed by atoms with E-state index in [-0.39, 0.29) is 6.04 Å². The van der Waals surface area contributed by atoms with Gasteiger partial charge in [0.05, 0.1) is 12.1 Å². The number of nitrogens with two attached hydrogens (primary N) is 1. The first-order valence-corrected chi connectivity index (χ1v) is 4.78. The lowest BCUT2D eigenvalue weighted by Crippen LogP contribution is -2.34. The molecule has 1 aliphatic carbocycles. The first-order valence-electron chi connectivity index (χ1n) is 4.78. The molecule has 1 saturated carbocycles.